The number of aryl methyl sites for hydroxylation is 1. The molecule has 0 radical (unpaired) electrons. The summed E-state index contributed by atoms with van der Waals surface area (Å²) < 4.78 is 0. The quantitative estimate of drug-likeness (QED) is 0.472. The van der Waals surface area contributed by atoms with E-state index in [1.54, 1.807) is 6.07 Å². The van der Waals surface area contributed by atoms with Gasteiger partial charge in [0, 0.05) is 11.3 Å². The van der Waals surface area contributed by atoms with Crippen molar-refractivity contribution in [2.24, 2.45) is 0 Å². The number of ketones is 1. The molecule has 4 heteroatoms. The Morgan fingerprint density at radius 2 is 1.70 bits per heavy atom. The number of carbonyl (C=O) groups is 1. The molecule has 0 saturated carbocycles. The Hall–Kier alpha value is -1.61. The summed E-state index contributed by atoms with van der Waals surface area (Å²) in [7, 11) is 0. The number of carbonyl (C=O) groups excluding carboxylic acids is 1. The fraction of sp³-hybridized carbons (Fsp3) is 0.105. The van der Waals surface area contributed by atoms with Crippen LogP contribution in [0.4, 0.5) is 0 Å². The van der Waals surface area contributed by atoms with Gasteiger partial charge in [0.2, 0.25) is 0 Å². The van der Waals surface area contributed by atoms with Gasteiger partial charge in [-0.05, 0) is 35.7 Å². The van der Waals surface area contributed by atoms with E-state index in [1.807, 2.05) is 54.6 Å². The molecule has 1 heterocycles. The van der Waals surface area contributed by atoms with Gasteiger partial charge in [0.1, 0.15) is 0 Å². The van der Waals surface area contributed by atoms with Crippen LogP contribution in [-0.4, -0.2) is 5.78 Å². The molecule has 3 aromatic rings. The predicted octanol–water partition coefficient (Wildman–Crippen LogP) is 6.54. The van der Waals surface area contributed by atoms with Crippen molar-refractivity contribution in [1.29, 1.82) is 0 Å². The Morgan fingerprint density at radius 1 is 0.913 bits per heavy atom. The van der Waals surface area contributed by atoms with Gasteiger partial charge in [-0.25, -0.2) is 0 Å². The van der Waals surface area contributed by atoms with Crippen LogP contribution in [0.25, 0.3) is 10.4 Å². The van der Waals surface area contributed by atoms with E-state index in [2.05, 4.69) is 0 Å². The van der Waals surface area contributed by atoms with Gasteiger partial charge in [0.25, 0.3) is 0 Å². The molecule has 3 rings (SSSR count). The van der Waals surface area contributed by atoms with Crippen LogP contribution in [0.15, 0.2) is 60.7 Å². The highest BCUT2D eigenvalue weighted by molar-refractivity contribution is 7.17. The van der Waals surface area contributed by atoms with Gasteiger partial charge < -0.3 is 0 Å². The van der Waals surface area contributed by atoms with E-state index in [0.29, 0.717) is 22.9 Å². The lowest BCUT2D eigenvalue weighted by Crippen LogP contribution is -1.99. The molecule has 2 aromatic carbocycles. The van der Waals surface area contributed by atoms with E-state index in [-0.39, 0.29) is 5.78 Å². The van der Waals surface area contributed by atoms with E-state index in [1.165, 1.54) is 11.3 Å². The van der Waals surface area contributed by atoms with E-state index in [0.717, 1.165) is 20.9 Å². The standard InChI is InChI=1S/C19H14Cl2OS/c20-15-8-4-7-14(19(15)21)9-10-16(22)18-12-11-17(23-18)13-5-2-1-3-6-13/h1-8,11-12H,9-10H2. The maximum absolute atomic E-state index is 12.4. The highest BCUT2D eigenvalue weighted by atomic mass is 35.5. The summed E-state index contributed by atoms with van der Waals surface area (Å²) >= 11 is 13.7. The first kappa shape index (κ1) is 16.3. The van der Waals surface area contributed by atoms with Crippen molar-refractivity contribution in [2.45, 2.75) is 12.8 Å². The highest BCUT2D eigenvalue weighted by Gasteiger charge is 2.12. The van der Waals surface area contributed by atoms with E-state index in [4.69, 9.17) is 23.2 Å². The maximum atomic E-state index is 12.4. The minimum Gasteiger partial charge on any atom is -0.293 e. The second-order valence-corrected chi connectivity index (χ2v) is 7.03. The Kier molecular flexibility index (Phi) is 5.16. The largest absolute Gasteiger partial charge is 0.293 e. The molecular formula is C19H14Cl2OS. The van der Waals surface area contributed by atoms with Crippen LogP contribution in [-0.2, 0) is 6.42 Å². The normalized spacial score (nSPS) is 10.7. The average Bonchev–Trinajstić information content (AvgIpc) is 3.07. The molecular weight excluding hydrogens is 347 g/mol. The summed E-state index contributed by atoms with van der Waals surface area (Å²) in [4.78, 5) is 14.3. The zero-order valence-corrected chi connectivity index (χ0v) is 14.6. The molecule has 0 bridgehead atoms. The second kappa shape index (κ2) is 7.31. The number of thiophene rings is 1. The number of hydrogen-bond donors (Lipinski definition) is 0. The predicted molar refractivity (Wildman–Crippen MR) is 98.9 cm³/mol. The van der Waals surface area contributed by atoms with Crippen LogP contribution < -0.4 is 0 Å². The van der Waals surface area contributed by atoms with Gasteiger partial charge in [0.15, 0.2) is 5.78 Å². The summed E-state index contributed by atoms with van der Waals surface area (Å²) in [6, 6.07) is 19.5. The van der Waals surface area contributed by atoms with Crippen molar-refractivity contribution in [1.82, 2.24) is 0 Å². The topological polar surface area (TPSA) is 17.1 Å². The Bertz CT molecular complexity index is 824. The van der Waals surface area contributed by atoms with Gasteiger partial charge in [-0.2, -0.15) is 0 Å². The minimum atomic E-state index is 0.133. The van der Waals surface area contributed by atoms with E-state index in [9.17, 15) is 4.79 Å². The van der Waals surface area contributed by atoms with Gasteiger partial charge in [0.05, 0.1) is 14.9 Å². The average molecular weight is 361 g/mol. The first-order valence-corrected chi connectivity index (χ1v) is 8.84. The molecule has 1 nitrogen and oxygen atoms in total. The zero-order chi connectivity index (χ0) is 16.2. The van der Waals surface area contributed by atoms with Crippen molar-refractivity contribution in [3.63, 3.8) is 0 Å². The molecule has 0 unspecified atom stereocenters. The smallest absolute Gasteiger partial charge is 0.173 e. The van der Waals surface area contributed by atoms with Gasteiger partial charge >= 0.3 is 0 Å². The van der Waals surface area contributed by atoms with Gasteiger partial charge in [-0.1, -0.05) is 65.7 Å². The summed E-state index contributed by atoms with van der Waals surface area (Å²) in [6.07, 6.45) is 1.02. The fourth-order valence-corrected chi connectivity index (χ4v) is 3.75. The lowest BCUT2D eigenvalue weighted by atomic mass is 10.1. The Labute approximate surface area is 149 Å². The molecule has 0 saturated heterocycles. The summed E-state index contributed by atoms with van der Waals surface area (Å²) in [5, 5.41) is 1.07. The molecule has 0 aliphatic heterocycles. The summed E-state index contributed by atoms with van der Waals surface area (Å²) in [5.74, 6) is 0.133. The van der Waals surface area contributed by atoms with Crippen LogP contribution in [0.1, 0.15) is 21.7 Å². The van der Waals surface area contributed by atoms with Gasteiger partial charge in [-0.15, -0.1) is 11.3 Å². The summed E-state index contributed by atoms with van der Waals surface area (Å²) in [5.41, 5.74) is 2.04. The molecule has 0 N–H and O–H groups in total. The van der Waals surface area contributed by atoms with Crippen molar-refractivity contribution in [2.75, 3.05) is 0 Å². The fourth-order valence-electron chi connectivity index (χ4n) is 2.36. The van der Waals surface area contributed by atoms with Crippen molar-refractivity contribution in [3.8, 4) is 10.4 Å². The number of rotatable bonds is 5. The molecule has 0 aliphatic rings. The van der Waals surface area contributed by atoms with E-state index < -0.39 is 0 Å². The molecule has 0 spiro atoms. The van der Waals surface area contributed by atoms with Crippen LogP contribution in [0.2, 0.25) is 10.0 Å². The highest BCUT2D eigenvalue weighted by Crippen LogP contribution is 2.30. The maximum Gasteiger partial charge on any atom is 0.173 e. The molecule has 23 heavy (non-hydrogen) atoms. The first-order chi connectivity index (χ1) is 11.1. The van der Waals surface area contributed by atoms with Crippen molar-refractivity contribution in [3.05, 3.63) is 81.1 Å². The van der Waals surface area contributed by atoms with Crippen LogP contribution in [0, 0.1) is 0 Å². The first-order valence-electron chi connectivity index (χ1n) is 7.26. The lowest BCUT2D eigenvalue weighted by Gasteiger charge is -2.04. The third-order valence-corrected chi connectivity index (χ3v) is 5.63. The third kappa shape index (κ3) is 3.84. The number of halogens is 2. The Morgan fingerprint density at radius 3 is 2.48 bits per heavy atom. The molecule has 1 aromatic heterocycles. The van der Waals surface area contributed by atoms with Gasteiger partial charge in [-0.3, -0.25) is 4.79 Å². The molecule has 0 aliphatic carbocycles. The third-order valence-electron chi connectivity index (χ3n) is 3.59. The molecule has 0 fully saturated rings. The number of benzene rings is 2. The Balaban J connectivity index is 1.70. The van der Waals surface area contributed by atoms with Crippen LogP contribution in [0.3, 0.4) is 0 Å². The second-order valence-electron chi connectivity index (χ2n) is 5.17. The number of Topliss-reactive ketones (excluding diaryl/α,β-unsaturated/α-hetero) is 1. The molecule has 0 amide bonds. The SMILES string of the molecule is O=C(CCc1cccc(Cl)c1Cl)c1ccc(-c2ccccc2)s1. The monoisotopic (exact) mass is 360 g/mol. The molecule has 0 atom stereocenters. The van der Waals surface area contributed by atoms with Crippen molar-refractivity contribution >= 4 is 40.3 Å². The molecule has 116 valence electrons. The number of hydrogen-bond acceptors (Lipinski definition) is 2. The van der Waals surface area contributed by atoms with Crippen molar-refractivity contribution < 1.29 is 4.79 Å². The summed E-state index contributed by atoms with van der Waals surface area (Å²) in [6.45, 7) is 0. The zero-order valence-electron chi connectivity index (χ0n) is 12.3. The lowest BCUT2D eigenvalue weighted by molar-refractivity contribution is 0.0987. The van der Waals surface area contributed by atoms with Crippen LogP contribution >= 0.6 is 34.5 Å². The minimum absolute atomic E-state index is 0.133. The van der Waals surface area contributed by atoms with Crippen LogP contribution in [0.5, 0.6) is 0 Å². The van der Waals surface area contributed by atoms with E-state index >= 15 is 0 Å².